The lowest BCUT2D eigenvalue weighted by Gasteiger charge is -2.32. The number of piperidine rings is 1. The van der Waals surface area contributed by atoms with Gasteiger partial charge in [-0.2, -0.15) is 4.31 Å². The lowest BCUT2D eigenvalue weighted by Crippen LogP contribution is -2.44. The van der Waals surface area contributed by atoms with Gasteiger partial charge >= 0.3 is 0 Å². The lowest BCUT2D eigenvalue weighted by atomic mass is 9.96. The summed E-state index contributed by atoms with van der Waals surface area (Å²) < 4.78 is 28.7. The first-order valence-corrected chi connectivity index (χ1v) is 14.7. The van der Waals surface area contributed by atoms with Crippen LogP contribution in [0.2, 0.25) is 0 Å². The van der Waals surface area contributed by atoms with Gasteiger partial charge in [-0.25, -0.2) is 13.4 Å². The minimum atomic E-state index is -3.50. The molecular weight excluding hydrogens is 499 g/mol. The Bertz CT molecular complexity index is 1400. The standard InChI is InChI=1S/C26H27N3O3S3/c1-18-15-22-23(16-19(18)2)34-26(27-22)29(17-20-7-4-3-5-8-20)25(30)21-10-12-28(13-11-21)35(31,32)24-9-6-14-33-24/h3-9,14-16,21H,10-13,17H2,1-2H3. The number of nitrogens with zero attached hydrogens (tertiary/aromatic N) is 3. The van der Waals surface area contributed by atoms with Crippen molar-refractivity contribution in [1.29, 1.82) is 0 Å². The van der Waals surface area contributed by atoms with E-state index in [0.29, 0.717) is 41.8 Å². The molecule has 5 rings (SSSR count). The Morgan fingerprint density at radius 2 is 1.77 bits per heavy atom. The molecule has 2 aromatic heterocycles. The average molecular weight is 526 g/mol. The van der Waals surface area contributed by atoms with Crippen LogP contribution >= 0.6 is 22.7 Å². The van der Waals surface area contributed by atoms with Gasteiger partial charge in [0.2, 0.25) is 5.91 Å². The number of thiophene rings is 1. The minimum Gasteiger partial charge on any atom is -0.283 e. The molecule has 6 nitrogen and oxygen atoms in total. The quantitative estimate of drug-likeness (QED) is 0.328. The lowest BCUT2D eigenvalue weighted by molar-refractivity contribution is -0.123. The fourth-order valence-corrected chi connectivity index (χ4v) is 8.05. The highest BCUT2D eigenvalue weighted by atomic mass is 32.2. The normalized spacial score (nSPS) is 15.5. The van der Waals surface area contributed by atoms with Gasteiger partial charge in [0.15, 0.2) is 5.13 Å². The fraction of sp³-hybridized carbons (Fsp3) is 0.308. The number of fused-ring (bicyclic) bond motifs is 1. The number of aromatic nitrogens is 1. The fourth-order valence-electron chi connectivity index (χ4n) is 4.39. The third-order valence-electron chi connectivity index (χ3n) is 6.57. The maximum absolute atomic E-state index is 13.8. The number of sulfonamides is 1. The van der Waals surface area contributed by atoms with E-state index in [1.54, 1.807) is 22.4 Å². The first-order valence-electron chi connectivity index (χ1n) is 11.6. The SMILES string of the molecule is Cc1cc2nc(N(Cc3ccccc3)C(=O)C3CCN(S(=O)(=O)c4cccs4)CC3)sc2cc1C. The Balaban J connectivity index is 1.40. The van der Waals surface area contributed by atoms with Crippen LogP contribution < -0.4 is 4.90 Å². The maximum atomic E-state index is 13.8. The van der Waals surface area contributed by atoms with Crippen molar-refractivity contribution in [2.45, 2.75) is 37.4 Å². The van der Waals surface area contributed by atoms with Crippen LogP contribution in [0.25, 0.3) is 10.2 Å². The van der Waals surface area contributed by atoms with Crippen LogP contribution in [0.1, 0.15) is 29.5 Å². The molecule has 3 heterocycles. The molecule has 0 radical (unpaired) electrons. The first kappa shape index (κ1) is 24.1. The number of carbonyl (C=O) groups excluding carboxylic acids is 1. The number of anilines is 1. The maximum Gasteiger partial charge on any atom is 0.252 e. The van der Waals surface area contributed by atoms with Gasteiger partial charge in [0.25, 0.3) is 10.0 Å². The second kappa shape index (κ2) is 9.81. The van der Waals surface area contributed by atoms with E-state index in [0.717, 1.165) is 15.8 Å². The van der Waals surface area contributed by atoms with E-state index in [9.17, 15) is 13.2 Å². The highest BCUT2D eigenvalue weighted by Gasteiger charge is 2.35. The third-order valence-corrected chi connectivity index (χ3v) is 10.9. The summed E-state index contributed by atoms with van der Waals surface area (Å²) in [7, 11) is -3.50. The molecule has 1 amide bonds. The van der Waals surface area contributed by atoms with Gasteiger partial charge in [-0.15, -0.1) is 11.3 Å². The van der Waals surface area contributed by atoms with E-state index in [-0.39, 0.29) is 11.8 Å². The summed E-state index contributed by atoms with van der Waals surface area (Å²) in [5, 5.41) is 2.46. The molecule has 2 aromatic carbocycles. The third kappa shape index (κ3) is 4.91. The first-order chi connectivity index (χ1) is 16.8. The number of carbonyl (C=O) groups is 1. The molecule has 1 fully saturated rings. The van der Waals surface area contributed by atoms with Crippen molar-refractivity contribution in [3.05, 3.63) is 76.7 Å². The van der Waals surface area contributed by atoms with E-state index in [2.05, 4.69) is 26.0 Å². The molecule has 0 aliphatic carbocycles. The van der Waals surface area contributed by atoms with E-state index in [1.165, 1.54) is 38.1 Å². The molecule has 0 saturated carbocycles. The molecule has 4 aromatic rings. The molecule has 0 N–H and O–H groups in total. The molecule has 182 valence electrons. The highest BCUT2D eigenvalue weighted by Crippen LogP contribution is 2.34. The van der Waals surface area contributed by atoms with Gasteiger partial charge in [-0.1, -0.05) is 47.7 Å². The van der Waals surface area contributed by atoms with Crippen molar-refractivity contribution in [3.8, 4) is 0 Å². The van der Waals surface area contributed by atoms with Gasteiger partial charge in [-0.3, -0.25) is 9.69 Å². The number of amides is 1. The minimum absolute atomic E-state index is 0.00882. The molecular formula is C26H27N3O3S3. The van der Waals surface area contributed by atoms with Crippen LogP contribution in [-0.4, -0.2) is 36.7 Å². The topological polar surface area (TPSA) is 70.6 Å². The summed E-state index contributed by atoms with van der Waals surface area (Å²) in [6.45, 7) is 5.27. The van der Waals surface area contributed by atoms with Crippen molar-refractivity contribution in [3.63, 3.8) is 0 Å². The van der Waals surface area contributed by atoms with Crippen molar-refractivity contribution >= 4 is 54.0 Å². The van der Waals surface area contributed by atoms with Crippen LogP contribution in [0.5, 0.6) is 0 Å². The number of benzene rings is 2. The van der Waals surface area contributed by atoms with Gasteiger partial charge in [0.05, 0.1) is 16.8 Å². The van der Waals surface area contributed by atoms with E-state index in [1.807, 2.05) is 30.3 Å². The number of thiazole rings is 1. The Labute approximate surface area is 213 Å². The number of hydrogen-bond acceptors (Lipinski definition) is 6. The summed E-state index contributed by atoms with van der Waals surface area (Å²) in [4.78, 5) is 20.4. The van der Waals surface area contributed by atoms with Crippen LogP contribution in [0.3, 0.4) is 0 Å². The molecule has 1 aliphatic rings. The van der Waals surface area contributed by atoms with Gasteiger partial charge in [0.1, 0.15) is 4.21 Å². The van der Waals surface area contributed by atoms with E-state index < -0.39 is 10.0 Å². The van der Waals surface area contributed by atoms with Crippen LogP contribution in [-0.2, 0) is 21.4 Å². The number of aryl methyl sites for hydroxylation is 2. The number of rotatable bonds is 6. The monoisotopic (exact) mass is 525 g/mol. The zero-order valence-electron chi connectivity index (χ0n) is 19.7. The van der Waals surface area contributed by atoms with Crippen molar-refractivity contribution in [2.24, 2.45) is 5.92 Å². The molecule has 0 spiro atoms. The molecule has 1 aliphatic heterocycles. The summed E-state index contributed by atoms with van der Waals surface area (Å²) in [5.41, 5.74) is 4.31. The van der Waals surface area contributed by atoms with Crippen LogP contribution in [0.15, 0.2) is 64.2 Å². The second-order valence-electron chi connectivity index (χ2n) is 8.92. The predicted octanol–water partition coefficient (Wildman–Crippen LogP) is 5.61. The predicted molar refractivity (Wildman–Crippen MR) is 143 cm³/mol. The molecule has 35 heavy (non-hydrogen) atoms. The highest BCUT2D eigenvalue weighted by molar-refractivity contribution is 7.91. The summed E-state index contributed by atoms with van der Waals surface area (Å²) >= 11 is 2.76. The summed E-state index contributed by atoms with van der Waals surface area (Å²) in [6.07, 6.45) is 0.996. The molecule has 0 bridgehead atoms. The van der Waals surface area contributed by atoms with Gasteiger partial charge < -0.3 is 0 Å². The zero-order valence-corrected chi connectivity index (χ0v) is 22.1. The van der Waals surface area contributed by atoms with E-state index in [4.69, 9.17) is 4.98 Å². The Kier molecular flexibility index (Phi) is 6.76. The Morgan fingerprint density at radius 1 is 1.06 bits per heavy atom. The average Bonchev–Trinajstić information content (AvgIpc) is 3.54. The van der Waals surface area contributed by atoms with Gasteiger partial charge in [-0.05, 0) is 67.0 Å². The Morgan fingerprint density at radius 3 is 2.46 bits per heavy atom. The van der Waals surface area contributed by atoms with Gasteiger partial charge in [0, 0.05) is 19.0 Å². The second-order valence-corrected chi connectivity index (χ2v) is 13.0. The zero-order chi connectivity index (χ0) is 24.6. The molecule has 1 saturated heterocycles. The molecule has 9 heteroatoms. The summed E-state index contributed by atoms with van der Waals surface area (Å²) in [6, 6.07) is 17.5. The van der Waals surface area contributed by atoms with Crippen molar-refractivity contribution < 1.29 is 13.2 Å². The van der Waals surface area contributed by atoms with Crippen LogP contribution in [0, 0.1) is 19.8 Å². The summed E-state index contributed by atoms with van der Waals surface area (Å²) in [5.74, 6) is -0.237. The van der Waals surface area contributed by atoms with Crippen molar-refractivity contribution in [2.75, 3.05) is 18.0 Å². The van der Waals surface area contributed by atoms with E-state index >= 15 is 0 Å². The smallest absolute Gasteiger partial charge is 0.252 e. The Hall–Kier alpha value is -2.59. The van der Waals surface area contributed by atoms with Crippen LogP contribution in [0.4, 0.5) is 5.13 Å². The number of hydrogen-bond donors (Lipinski definition) is 0. The largest absolute Gasteiger partial charge is 0.283 e. The molecule has 0 atom stereocenters. The van der Waals surface area contributed by atoms with Crippen molar-refractivity contribution in [1.82, 2.24) is 9.29 Å². The molecule has 0 unspecified atom stereocenters.